The van der Waals surface area contributed by atoms with E-state index in [1.807, 2.05) is 19.1 Å². The van der Waals surface area contributed by atoms with Crippen molar-refractivity contribution >= 4 is 15.9 Å². The first kappa shape index (κ1) is 29.1. The number of carbonyl (C=O) groups is 1. The molecule has 3 atom stereocenters. The van der Waals surface area contributed by atoms with Crippen LogP contribution < -0.4 is 4.74 Å². The fourth-order valence-electron chi connectivity index (χ4n) is 5.14. The van der Waals surface area contributed by atoms with Gasteiger partial charge in [0.25, 0.3) is 0 Å². The number of sulfonamides is 1. The van der Waals surface area contributed by atoms with Gasteiger partial charge in [-0.05, 0) is 55.7 Å². The lowest BCUT2D eigenvalue weighted by Crippen LogP contribution is -2.50. The molecule has 1 aliphatic carbocycles. The number of nitrogens with zero attached hydrogens (tertiary/aromatic N) is 3. The summed E-state index contributed by atoms with van der Waals surface area (Å²) in [5, 5.41) is 9.86. The number of aromatic nitrogens is 1. The fourth-order valence-corrected chi connectivity index (χ4v) is 6.96. The second kappa shape index (κ2) is 12.9. The molecule has 39 heavy (non-hydrogen) atoms. The third-order valence-corrected chi connectivity index (χ3v) is 9.70. The van der Waals surface area contributed by atoms with Crippen LogP contribution >= 0.6 is 0 Å². The van der Waals surface area contributed by atoms with Crippen LogP contribution in [0.2, 0.25) is 0 Å². The van der Waals surface area contributed by atoms with Gasteiger partial charge in [0.2, 0.25) is 15.9 Å². The van der Waals surface area contributed by atoms with Gasteiger partial charge in [0.15, 0.2) is 0 Å². The van der Waals surface area contributed by atoms with Crippen molar-refractivity contribution in [2.45, 2.75) is 69.4 Å². The van der Waals surface area contributed by atoms with Gasteiger partial charge in [0, 0.05) is 49.4 Å². The van der Waals surface area contributed by atoms with Crippen molar-refractivity contribution < 1.29 is 23.1 Å². The molecule has 1 fully saturated rings. The predicted octanol–water partition coefficient (Wildman–Crippen LogP) is 3.48. The fraction of sp³-hybridized carbons (Fsp3) is 0.533. The van der Waals surface area contributed by atoms with Crippen molar-refractivity contribution in [2.24, 2.45) is 11.8 Å². The molecule has 1 N–H and O–H groups in total. The molecule has 0 saturated heterocycles. The zero-order chi connectivity index (χ0) is 28.0. The van der Waals surface area contributed by atoms with Gasteiger partial charge in [-0.2, -0.15) is 4.31 Å². The van der Waals surface area contributed by atoms with Gasteiger partial charge >= 0.3 is 0 Å². The quantitative estimate of drug-likeness (QED) is 0.550. The van der Waals surface area contributed by atoms with Crippen LogP contribution in [0.15, 0.2) is 47.6 Å². The number of aliphatic hydroxyl groups excluding tert-OH is 1. The van der Waals surface area contributed by atoms with E-state index in [2.05, 4.69) is 16.8 Å². The SMILES string of the molecule is C[C@H](CO)N1C[C@H](C)[C@H](CN(C)C(=O)Cc2ccncc2)Oc2cc(C#CC3CCCCC3)ccc2S1(=O)=O. The van der Waals surface area contributed by atoms with Crippen LogP contribution in [0.25, 0.3) is 0 Å². The molecule has 1 saturated carbocycles. The zero-order valence-corrected chi connectivity index (χ0v) is 23.9. The Bertz CT molecular complexity index is 1300. The first-order valence-electron chi connectivity index (χ1n) is 13.8. The molecule has 1 aliphatic heterocycles. The number of hydrogen-bond donors (Lipinski definition) is 1. The summed E-state index contributed by atoms with van der Waals surface area (Å²) in [6, 6.07) is 7.99. The highest BCUT2D eigenvalue weighted by Crippen LogP contribution is 2.34. The number of pyridine rings is 1. The van der Waals surface area contributed by atoms with Gasteiger partial charge in [-0.25, -0.2) is 8.42 Å². The number of benzene rings is 1. The number of ether oxygens (including phenoxy) is 1. The lowest BCUT2D eigenvalue weighted by molar-refractivity contribution is -0.130. The number of carbonyl (C=O) groups excluding carboxylic acids is 1. The maximum absolute atomic E-state index is 13.7. The Balaban J connectivity index is 1.64. The van der Waals surface area contributed by atoms with Gasteiger partial charge in [0.05, 0.1) is 19.6 Å². The van der Waals surface area contributed by atoms with Crippen molar-refractivity contribution in [1.82, 2.24) is 14.2 Å². The van der Waals surface area contributed by atoms with E-state index in [0.29, 0.717) is 11.5 Å². The molecule has 2 heterocycles. The Morgan fingerprint density at radius 1 is 1.21 bits per heavy atom. The number of fused-ring (bicyclic) bond motifs is 1. The summed E-state index contributed by atoms with van der Waals surface area (Å²) in [5.41, 5.74) is 1.57. The van der Waals surface area contributed by atoms with E-state index in [4.69, 9.17) is 4.74 Å². The summed E-state index contributed by atoms with van der Waals surface area (Å²) >= 11 is 0. The molecule has 1 aromatic carbocycles. The normalized spacial score (nSPS) is 22.3. The smallest absolute Gasteiger partial charge is 0.247 e. The van der Waals surface area contributed by atoms with Crippen LogP contribution in [0.5, 0.6) is 5.75 Å². The van der Waals surface area contributed by atoms with Crippen LogP contribution in [0.4, 0.5) is 0 Å². The molecule has 8 nitrogen and oxygen atoms in total. The van der Waals surface area contributed by atoms with E-state index in [9.17, 15) is 18.3 Å². The molecule has 9 heteroatoms. The second-order valence-electron chi connectivity index (χ2n) is 10.8. The maximum atomic E-state index is 13.7. The van der Waals surface area contributed by atoms with Crippen LogP contribution in [0.1, 0.15) is 57.1 Å². The van der Waals surface area contributed by atoms with Gasteiger partial charge in [0.1, 0.15) is 16.7 Å². The van der Waals surface area contributed by atoms with Gasteiger partial charge < -0.3 is 14.7 Å². The minimum Gasteiger partial charge on any atom is -0.487 e. The average Bonchev–Trinajstić information content (AvgIpc) is 2.94. The Labute approximate surface area is 232 Å². The summed E-state index contributed by atoms with van der Waals surface area (Å²) in [4.78, 5) is 18.7. The van der Waals surface area contributed by atoms with Crippen molar-refractivity contribution in [3.8, 4) is 17.6 Å². The molecule has 0 unspecified atom stereocenters. The van der Waals surface area contributed by atoms with Crippen LogP contribution in [-0.2, 0) is 21.2 Å². The first-order valence-corrected chi connectivity index (χ1v) is 15.2. The summed E-state index contributed by atoms with van der Waals surface area (Å²) < 4.78 is 35.2. The largest absolute Gasteiger partial charge is 0.487 e. The first-order chi connectivity index (χ1) is 18.7. The molecule has 210 valence electrons. The second-order valence-corrected chi connectivity index (χ2v) is 12.7. The number of rotatable bonds is 6. The topological polar surface area (TPSA) is 100 Å². The number of aliphatic hydroxyl groups is 1. The van der Waals surface area contributed by atoms with Gasteiger partial charge in [-0.15, -0.1) is 0 Å². The molecule has 4 rings (SSSR count). The van der Waals surface area contributed by atoms with Gasteiger partial charge in [-0.3, -0.25) is 9.78 Å². The summed E-state index contributed by atoms with van der Waals surface area (Å²) in [6.07, 6.45) is 8.90. The van der Waals surface area contributed by atoms with E-state index in [1.54, 1.807) is 49.5 Å². The highest BCUT2D eigenvalue weighted by Gasteiger charge is 2.38. The molecule has 1 amide bonds. The van der Waals surface area contributed by atoms with E-state index in [-0.39, 0.29) is 48.6 Å². The lowest BCUT2D eigenvalue weighted by atomic mass is 9.90. The van der Waals surface area contributed by atoms with Crippen LogP contribution in [0, 0.1) is 23.7 Å². The standard InChI is InChI=1S/C30H39N3O5S/c1-22-19-33(23(2)21-34)39(36,37)29-12-11-25(10-9-24-7-5-4-6-8-24)17-27(29)38-28(22)20-32(3)30(35)18-26-13-15-31-16-14-26/h11-17,22-24,28,34H,4-8,18-21H2,1-3H3/t22-,23+,28-/m0/s1. The summed E-state index contributed by atoms with van der Waals surface area (Å²) in [6.45, 7) is 3.74. The molecular weight excluding hydrogens is 514 g/mol. The van der Waals surface area contributed by atoms with Crippen LogP contribution in [0.3, 0.4) is 0 Å². The number of amides is 1. The highest BCUT2D eigenvalue weighted by atomic mass is 32.2. The maximum Gasteiger partial charge on any atom is 0.247 e. The van der Waals surface area contributed by atoms with Crippen molar-refractivity contribution in [3.05, 3.63) is 53.9 Å². The molecule has 2 aliphatic rings. The third-order valence-electron chi connectivity index (χ3n) is 7.68. The lowest BCUT2D eigenvalue weighted by Gasteiger charge is -2.37. The molecule has 1 aromatic heterocycles. The highest BCUT2D eigenvalue weighted by molar-refractivity contribution is 7.89. The Morgan fingerprint density at radius 2 is 1.92 bits per heavy atom. The zero-order valence-electron chi connectivity index (χ0n) is 23.0. The molecular formula is C30H39N3O5S. The van der Waals surface area contributed by atoms with Gasteiger partial charge in [-0.1, -0.05) is 38.0 Å². The minimum absolute atomic E-state index is 0.0497. The minimum atomic E-state index is -3.93. The number of likely N-dealkylation sites (N-methyl/N-ethyl adjacent to an activating group) is 1. The number of hydrogen-bond acceptors (Lipinski definition) is 6. The Kier molecular flexibility index (Phi) is 9.65. The van der Waals surface area contributed by atoms with Crippen LogP contribution in [-0.4, -0.2) is 72.5 Å². The molecule has 0 bridgehead atoms. The average molecular weight is 554 g/mol. The molecule has 2 aromatic rings. The summed E-state index contributed by atoms with van der Waals surface area (Å²) in [7, 11) is -2.20. The van der Waals surface area contributed by atoms with Crippen molar-refractivity contribution in [1.29, 1.82) is 0 Å². The molecule has 0 spiro atoms. The van der Waals surface area contributed by atoms with E-state index in [0.717, 1.165) is 18.4 Å². The predicted molar refractivity (Wildman–Crippen MR) is 149 cm³/mol. The monoisotopic (exact) mass is 553 g/mol. The Hall–Kier alpha value is -2.93. The van der Waals surface area contributed by atoms with E-state index >= 15 is 0 Å². The Morgan fingerprint density at radius 3 is 2.62 bits per heavy atom. The van der Waals surface area contributed by atoms with E-state index < -0.39 is 22.2 Å². The van der Waals surface area contributed by atoms with E-state index in [1.165, 1.54) is 23.6 Å². The third kappa shape index (κ3) is 7.18. The van der Waals surface area contributed by atoms with Crippen molar-refractivity contribution in [3.63, 3.8) is 0 Å². The molecule has 0 radical (unpaired) electrons. The summed E-state index contributed by atoms with van der Waals surface area (Å²) in [5.74, 6) is 6.87. The van der Waals surface area contributed by atoms with Crippen molar-refractivity contribution in [2.75, 3.05) is 26.7 Å².